The molecule has 0 bridgehead atoms. The highest BCUT2D eigenvalue weighted by molar-refractivity contribution is 5.25. The van der Waals surface area contributed by atoms with E-state index in [0.717, 1.165) is 31.8 Å². The Morgan fingerprint density at radius 2 is 2.19 bits per heavy atom. The van der Waals surface area contributed by atoms with E-state index < -0.39 is 0 Å². The summed E-state index contributed by atoms with van der Waals surface area (Å²) >= 11 is 0. The lowest BCUT2D eigenvalue weighted by atomic mass is 10.1. The molecular weight excluding hydrogens is 267 g/mol. The highest BCUT2D eigenvalue weighted by Gasteiger charge is 2.27. The zero-order valence-electron chi connectivity index (χ0n) is 13.0. The van der Waals surface area contributed by atoms with Crippen LogP contribution in [0.25, 0.3) is 0 Å². The number of halogens is 1. The van der Waals surface area contributed by atoms with Crippen molar-refractivity contribution >= 4 is 0 Å². The van der Waals surface area contributed by atoms with Gasteiger partial charge in [0, 0.05) is 37.8 Å². The number of hydrogen-bond acceptors (Lipinski definition) is 3. The molecule has 0 atom stereocenters. The van der Waals surface area contributed by atoms with Crippen LogP contribution in [0.5, 0.6) is 0 Å². The summed E-state index contributed by atoms with van der Waals surface area (Å²) in [5, 5.41) is 3.48. The van der Waals surface area contributed by atoms with Crippen LogP contribution in [0.4, 0.5) is 4.39 Å². The predicted octanol–water partition coefficient (Wildman–Crippen LogP) is 2.69. The molecule has 3 nitrogen and oxygen atoms in total. The third-order valence-electron chi connectivity index (χ3n) is 4.18. The quantitative estimate of drug-likeness (QED) is 0.903. The Kier molecular flexibility index (Phi) is 4.29. The lowest BCUT2D eigenvalue weighted by molar-refractivity contribution is -0.0884. The van der Waals surface area contributed by atoms with Crippen molar-refractivity contribution in [3.63, 3.8) is 0 Å². The van der Waals surface area contributed by atoms with Gasteiger partial charge in [-0.1, -0.05) is 12.1 Å². The number of nitrogens with zero attached hydrogens (tertiary/aromatic N) is 1. The molecule has 0 unspecified atom stereocenters. The van der Waals surface area contributed by atoms with Gasteiger partial charge in [-0.25, -0.2) is 4.39 Å². The van der Waals surface area contributed by atoms with Crippen LogP contribution in [-0.4, -0.2) is 36.2 Å². The lowest BCUT2D eigenvalue weighted by Gasteiger charge is -2.38. The highest BCUT2D eigenvalue weighted by atomic mass is 19.1. The van der Waals surface area contributed by atoms with Crippen molar-refractivity contribution in [3.05, 3.63) is 35.1 Å². The van der Waals surface area contributed by atoms with Crippen molar-refractivity contribution in [1.82, 2.24) is 10.2 Å². The molecule has 1 N–H and O–H groups in total. The fourth-order valence-corrected chi connectivity index (χ4v) is 2.90. The van der Waals surface area contributed by atoms with Gasteiger partial charge in [0.15, 0.2) is 0 Å². The van der Waals surface area contributed by atoms with Crippen molar-refractivity contribution in [2.75, 3.05) is 19.7 Å². The third-order valence-corrected chi connectivity index (χ3v) is 4.18. The van der Waals surface area contributed by atoms with Crippen LogP contribution in [0.15, 0.2) is 18.2 Å². The van der Waals surface area contributed by atoms with E-state index in [1.165, 1.54) is 18.4 Å². The van der Waals surface area contributed by atoms with E-state index in [2.05, 4.69) is 24.1 Å². The molecule has 0 aromatic heterocycles. The molecule has 1 aromatic rings. The molecule has 1 saturated carbocycles. The van der Waals surface area contributed by atoms with Crippen molar-refractivity contribution in [2.45, 2.75) is 51.4 Å². The maximum atomic E-state index is 14.1. The monoisotopic (exact) mass is 292 g/mol. The molecule has 0 radical (unpaired) electrons. The second kappa shape index (κ2) is 6.03. The molecular formula is C17H25FN2O. The molecule has 2 fully saturated rings. The van der Waals surface area contributed by atoms with Crippen LogP contribution in [0.1, 0.15) is 37.8 Å². The largest absolute Gasteiger partial charge is 0.373 e. The number of nitrogens with one attached hydrogen (secondary N) is 1. The fourth-order valence-electron chi connectivity index (χ4n) is 2.90. The van der Waals surface area contributed by atoms with Gasteiger partial charge in [0.05, 0.1) is 12.2 Å². The number of rotatable bonds is 5. The van der Waals surface area contributed by atoms with E-state index in [9.17, 15) is 4.39 Å². The van der Waals surface area contributed by atoms with E-state index in [0.29, 0.717) is 12.6 Å². The summed E-state index contributed by atoms with van der Waals surface area (Å²) in [7, 11) is 0. The summed E-state index contributed by atoms with van der Waals surface area (Å²) in [6, 6.07) is 6.17. The molecule has 0 amide bonds. The predicted molar refractivity (Wildman–Crippen MR) is 81.6 cm³/mol. The molecule has 2 aliphatic rings. The van der Waals surface area contributed by atoms with Gasteiger partial charge in [0.25, 0.3) is 0 Å². The van der Waals surface area contributed by atoms with Crippen LogP contribution in [0.3, 0.4) is 0 Å². The first kappa shape index (κ1) is 14.9. The molecule has 1 saturated heterocycles. The lowest BCUT2D eigenvalue weighted by Crippen LogP contribution is -2.47. The first-order valence-corrected chi connectivity index (χ1v) is 7.89. The van der Waals surface area contributed by atoms with Gasteiger partial charge >= 0.3 is 0 Å². The summed E-state index contributed by atoms with van der Waals surface area (Å²) < 4.78 is 19.8. The Morgan fingerprint density at radius 3 is 2.90 bits per heavy atom. The van der Waals surface area contributed by atoms with E-state index >= 15 is 0 Å². The maximum Gasteiger partial charge on any atom is 0.127 e. The standard InChI is InChI=1S/C17H25FN2O/c1-17(2)12-20(7-8-21-17)11-14-9-13(3-6-16(14)18)10-19-15-4-5-15/h3,6,9,15,19H,4-5,7-8,10-12H2,1-2H3. The van der Waals surface area contributed by atoms with Gasteiger partial charge in [0.2, 0.25) is 0 Å². The zero-order chi connectivity index (χ0) is 14.9. The molecule has 116 valence electrons. The smallest absolute Gasteiger partial charge is 0.127 e. The molecule has 4 heteroatoms. The fraction of sp³-hybridized carbons (Fsp3) is 0.647. The number of benzene rings is 1. The second-order valence-electron chi connectivity index (χ2n) is 6.90. The molecule has 1 aliphatic carbocycles. The summed E-state index contributed by atoms with van der Waals surface area (Å²) in [5.74, 6) is -0.102. The van der Waals surface area contributed by atoms with Gasteiger partial charge in [-0.05, 0) is 38.3 Å². The van der Waals surface area contributed by atoms with Crippen LogP contribution in [0.2, 0.25) is 0 Å². The minimum absolute atomic E-state index is 0.102. The number of hydrogen-bond donors (Lipinski definition) is 1. The summed E-state index contributed by atoms with van der Waals surface area (Å²) in [5.41, 5.74) is 1.83. The third kappa shape index (κ3) is 4.25. The van der Waals surface area contributed by atoms with Gasteiger partial charge in [0.1, 0.15) is 5.82 Å². The van der Waals surface area contributed by atoms with Crippen molar-refractivity contribution in [3.8, 4) is 0 Å². The van der Waals surface area contributed by atoms with Gasteiger partial charge in [-0.3, -0.25) is 4.90 Å². The van der Waals surface area contributed by atoms with Crippen LogP contribution >= 0.6 is 0 Å². The molecule has 1 aromatic carbocycles. The van der Waals surface area contributed by atoms with E-state index in [1.807, 2.05) is 12.1 Å². The number of ether oxygens (including phenoxy) is 1. The molecule has 1 aliphatic heterocycles. The van der Waals surface area contributed by atoms with E-state index in [-0.39, 0.29) is 11.4 Å². The first-order chi connectivity index (χ1) is 10.0. The van der Waals surface area contributed by atoms with Crippen molar-refractivity contribution in [1.29, 1.82) is 0 Å². The van der Waals surface area contributed by atoms with Gasteiger partial charge < -0.3 is 10.1 Å². The van der Waals surface area contributed by atoms with Gasteiger partial charge in [-0.15, -0.1) is 0 Å². The number of morpholine rings is 1. The Labute approximate surface area is 126 Å². The van der Waals surface area contributed by atoms with Crippen LogP contribution in [0, 0.1) is 5.82 Å². The SMILES string of the molecule is CC1(C)CN(Cc2cc(CNC3CC3)ccc2F)CCO1. The molecule has 3 rings (SSSR count). The summed E-state index contributed by atoms with van der Waals surface area (Å²) in [6.07, 6.45) is 2.55. The summed E-state index contributed by atoms with van der Waals surface area (Å²) in [4.78, 5) is 2.28. The van der Waals surface area contributed by atoms with Crippen molar-refractivity contribution in [2.24, 2.45) is 0 Å². The Hall–Kier alpha value is -0.970. The zero-order valence-corrected chi connectivity index (χ0v) is 13.0. The minimum Gasteiger partial charge on any atom is -0.373 e. The Balaban J connectivity index is 1.64. The molecule has 21 heavy (non-hydrogen) atoms. The van der Waals surface area contributed by atoms with E-state index in [4.69, 9.17) is 4.74 Å². The van der Waals surface area contributed by atoms with Crippen molar-refractivity contribution < 1.29 is 9.13 Å². The Bertz CT molecular complexity index is 500. The Morgan fingerprint density at radius 1 is 1.38 bits per heavy atom. The highest BCUT2D eigenvalue weighted by Crippen LogP contribution is 2.22. The topological polar surface area (TPSA) is 24.5 Å². The minimum atomic E-state index is -0.139. The molecule has 0 spiro atoms. The molecule has 1 heterocycles. The maximum absolute atomic E-state index is 14.1. The second-order valence-corrected chi connectivity index (χ2v) is 6.90. The average Bonchev–Trinajstić information content (AvgIpc) is 3.23. The normalized spacial score (nSPS) is 22.4. The van der Waals surface area contributed by atoms with Crippen LogP contribution < -0.4 is 5.32 Å². The first-order valence-electron chi connectivity index (χ1n) is 7.89. The van der Waals surface area contributed by atoms with E-state index in [1.54, 1.807) is 6.07 Å². The van der Waals surface area contributed by atoms with Crippen LogP contribution in [-0.2, 0) is 17.8 Å². The summed E-state index contributed by atoms with van der Waals surface area (Å²) in [6.45, 7) is 8.11. The average molecular weight is 292 g/mol. The van der Waals surface area contributed by atoms with Gasteiger partial charge in [-0.2, -0.15) is 0 Å².